The van der Waals surface area contributed by atoms with Crippen molar-refractivity contribution in [1.29, 1.82) is 0 Å². The summed E-state index contributed by atoms with van der Waals surface area (Å²) >= 11 is 0. The van der Waals surface area contributed by atoms with Crippen molar-refractivity contribution in [2.75, 3.05) is 20.1 Å². The molecule has 0 bridgehead atoms. The molecule has 2 atom stereocenters. The van der Waals surface area contributed by atoms with Crippen LogP contribution in [0, 0.1) is 11.8 Å². The van der Waals surface area contributed by atoms with Crippen molar-refractivity contribution in [3.8, 4) is 0 Å². The first kappa shape index (κ1) is 8.52. The molecule has 2 N–H and O–H groups in total. The van der Waals surface area contributed by atoms with Gasteiger partial charge in [-0.15, -0.1) is 0 Å². The summed E-state index contributed by atoms with van der Waals surface area (Å²) < 4.78 is 0. The van der Waals surface area contributed by atoms with Gasteiger partial charge in [-0.1, -0.05) is 0 Å². The second-order valence-electron chi connectivity index (χ2n) is 4.58. The van der Waals surface area contributed by atoms with Gasteiger partial charge in [-0.2, -0.15) is 0 Å². The predicted octanol–water partition coefficient (Wildman–Crippen LogP) is 1.07. The molecule has 0 aromatic carbocycles. The van der Waals surface area contributed by atoms with E-state index in [2.05, 4.69) is 11.9 Å². The van der Waals surface area contributed by atoms with Gasteiger partial charge in [0.15, 0.2) is 0 Å². The van der Waals surface area contributed by atoms with Gasteiger partial charge >= 0.3 is 0 Å². The standard InChI is InChI=1S/C10H20N2/c1-12-6-2-3-9(7-12)10(11)8-4-5-8/h8-10H,2-7,11H2,1H3. The average Bonchev–Trinajstić information content (AvgIpc) is 2.85. The zero-order valence-corrected chi connectivity index (χ0v) is 8.00. The van der Waals surface area contributed by atoms with E-state index in [1.54, 1.807) is 0 Å². The largest absolute Gasteiger partial charge is 0.327 e. The predicted molar refractivity (Wildman–Crippen MR) is 50.9 cm³/mol. The van der Waals surface area contributed by atoms with Crippen LogP contribution in [0.2, 0.25) is 0 Å². The Morgan fingerprint density at radius 1 is 1.25 bits per heavy atom. The zero-order valence-electron chi connectivity index (χ0n) is 8.00. The van der Waals surface area contributed by atoms with E-state index < -0.39 is 0 Å². The van der Waals surface area contributed by atoms with Crippen molar-refractivity contribution in [1.82, 2.24) is 4.90 Å². The van der Waals surface area contributed by atoms with Gasteiger partial charge in [0.1, 0.15) is 0 Å². The highest BCUT2D eigenvalue weighted by Gasteiger charge is 2.34. The van der Waals surface area contributed by atoms with Gasteiger partial charge in [-0.25, -0.2) is 0 Å². The molecular weight excluding hydrogens is 148 g/mol. The Kier molecular flexibility index (Phi) is 2.37. The van der Waals surface area contributed by atoms with Crippen LogP contribution in [0.1, 0.15) is 25.7 Å². The molecular formula is C10H20N2. The van der Waals surface area contributed by atoms with Crippen molar-refractivity contribution >= 4 is 0 Å². The molecule has 2 heteroatoms. The van der Waals surface area contributed by atoms with E-state index >= 15 is 0 Å². The van der Waals surface area contributed by atoms with Crippen LogP contribution in [0.3, 0.4) is 0 Å². The number of piperidine rings is 1. The topological polar surface area (TPSA) is 29.3 Å². The highest BCUT2D eigenvalue weighted by atomic mass is 15.1. The number of rotatable bonds is 2. The van der Waals surface area contributed by atoms with Crippen molar-refractivity contribution in [2.45, 2.75) is 31.7 Å². The smallest absolute Gasteiger partial charge is 0.0108 e. The monoisotopic (exact) mass is 168 g/mol. The summed E-state index contributed by atoms with van der Waals surface area (Å²) in [4.78, 5) is 2.43. The van der Waals surface area contributed by atoms with Crippen LogP contribution in [-0.4, -0.2) is 31.1 Å². The van der Waals surface area contributed by atoms with Crippen molar-refractivity contribution in [3.05, 3.63) is 0 Å². The number of nitrogens with zero attached hydrogens (tertiary/aromatic N) is 1. The maximum Gasteiger partial charge on any atom is 0.0108 e. The third-order valence-corrected chi connectivity index (χ3v) is 3.37. The molecule has 1 saturated heterocycles. The first-order chi connectivity index (χ1) is 5.77. The fraction of sp³-hybridized carbons (Fsp3) is 1.00. The Hall–Kier alpha value is -0.0800. The molecule has 1 aliphatic heterocycles. The lowest BCUT2D eigenvalue weighted by molar-refractivity contribution is 0.180. The highest BCUT2D eigenvalue weighted by molar-refractivity contribution is 4.90. The second-order valence-corrected chi connectivity index (χ2v) is 4.58. The fourth-order valence-electron chi connectivity index (χ4n) is 2.39. The molecule has 0 amide bonds. The highest BCUT2D eigenvalue weighted by Crippen LogP contribution is 2.36. The summed E-state index contributed by atoms with van der Waals surface area (Å²) in [6.45, 7) is 2.51. The molecule has 2 nitrogen and oxygen atoms in total. The second kappa shape index (κ2) is 3.35. The van der Waals surface area contributed by atoms with Gasteiger partial charge in [0, 0.05) is 12.6 Å². The van der Waals surface area contributed by atoms with E-state index in [4.69, 9.17) is 5.73 Å². The lowest BCUT2D eigenvalue weighted by Crippen LogP contribution is -2.42. The molecule has 0 aromatic rings. The molecule has 2 aliphatic rings. The molecule has 0 radical (unpaired) electrons. The Labute approximate surface area is 75.1 Å². The molecule has 2 unspecified atom stereocenters. The van der Waals surface area contributed by atoms with E-state index in [0.717, 1.165) is 11.8 Å². The van der Waals surface area contributed by atoms with E-state index in [1.165, 1.54) is 38.8 Å². The molecule has 2 fully saturated rings. The summed E-state index contributed by atoms with van der Waals surface area (Å²) in [5.41, 5.74) is 6.19. The van der Waals surface area contributed by atoms with Crippen LogP contribution >= 0.6 is 0 Å². The SMILES string of the molecule is CN1CCCC(C(N)C2CC2)C1. The Morgan fingerprint density at radius 3 is 2.58 bits per heavy atom. The van der Waals surface area contributed by atoms with Gasteiger partial charge in [0.2, 0.25) is 0 Å². The van der Waals surface area contributed by atoms with Gasteiger partial charge < -0.3 is 10.6 Å². The quantitative estimate of drug-likeness (QED) is 0.668. The van der Waals surface area contributed by atoms with Gasteiger partial charge in [-0.05, 0) is 51.1 Å². The van der Waals surface area contributed by atoms with Gasteiger partial charge in [0.05, 0.1) is 0 Å². The number of likely N-dealkylation sites (tertiary alicyclic amines) is 1. The summed E-state index contributed by atoms with van der Waals surface area (Å²) in [6.07, 6.45) is 5.49. The molecule has 2 rings (SSSR count). The third kappa shape index (κ3) is 1.80. The minimum Gasteiger partial charge on any atom is -0.327 e. The van der Waals surface area contributed by atoms with Crippen LogP contribution in [0.15, 0.2) is 0 Å². The molecule has 0 aromatic heterocycles. The fourth-order valence-corrected chi connectivity index (χ4v) is 2.39. The van der Waals surface area contributed by atoms with Crippen molar-refractivity contribution in [2.24, 2.45) is 17.6 Å². The van der Waals surface area contributed by atoms with E-state index in [0.29, 0.717) is 6.04 Å². The summed E-state index contributed by atoms with van der Waals surface area (Å²) in [5.74, 6) is 1.66. The van der Waals surface area contributed by atoms with Gasteiger partial charge in [0.25, 0.3) is 0 Å². The van der Waals surface area contributed by atoms with E-state index in [-0.39, 0.29) is 0 Å². The van der Waals surface area contributed by atoms with Crippen molar-refractivity contribution in [3.63, 3.8) is 0 Å². The van der Waals surface area contributed by atoms with Crippen LogP contribution in [-0.2, 0) is 0 Å². The molecule has 12 heavy (non-hydrogen) atoms. The number of nitrogens with two attached hydrogens (primary N) is 1. The van der Waals surface area contributed by atoms with Crippen molar-refractivity contribution < 1.29 is 0 Å². The summed E-state index contributed by atoms with van der Waals surface area (Å²) in [5, 5.41) is 0. The Bertz CT molecular complexity index is 154. The number of hydrogen-bond acceptors (Lipinski definition) is 2. The average molecular weight is 168 g/mol. The van der Waals surface area contributed by atoms with Crippen LogP contribution < -0.4 is 5.73 Å². The lowest BCUT2D eigenvalue weighted by atomic mass is 9.89. The van der Waals surface area contributed by atoms with E-state index in [9.17, 15) is 0 Å². The lowest BCUT2D eigenvalue weighted by Gasteiger charge is -2.33. The molecule has 1 heterocycles. The number of hydrogen-bond donors (Lipinski definition) is 1. The Morgan fingerprint density at radius 2 is 2.00 bits per heavy atom. The van der Waals surface area contributed by atoms with Crippen LogP contribution in [0.5, 0.6) is 0 Å². The minimum atomic E-state index is 0.507. The summed E-state index contributed by atoms with van der Waals surface area (Å²) in [6, 6.07) is 0.507. The maximum absolute atomic E-state index is 6.19. The molecule has 1 aliphatic carbocycles. The molecule has 1 saturated carbocycles. The van der Waals surface area contributed by atoms with Gasteiger partial charge in [-0.3, -0.25) is 0 Å². The minimum absolute atomic E-state index is 0.507. The first-order valence-electron chi connectivity index (χ1n) is 5.21. The molecule has 0 spiro atoms. The normalized spacial score (nSPS) is 35.0. The van der Waals surface area contributed by atoms with E-state index in [1.807, 2.05) is 0 Å². The maximum atomic E-state index is 6.19. The van der Waals surface area contributed by atoms with Crippen LogP contribution in [0.4, 0.5) is 0 Å². The first-order valence-corrected chi connectivity index (χ1v) is 5.21. The Balaban J connectivity index is 1.84. The third-order valence-electron chi connectivity index (χ3n) is 3.37. The zero-order chi connectivity index (χ0) is 8.55. The molecule has 70 valence electrons. The van der Waals surface area contributed by atoms with Crippen LogP contribution in [0.25, 0.3) is 0 Å². The summed E-state index contributed by atoms with van der Waals surface area (Å²) in [7, 11) is 2.21.